The molecule has 0 aromatic heterocycles. The first-order valence-electron chi connectivity index (χ1n) is 7.99. The van der Waals surface area contributed by atoms with Crippen LogP contribution in [0.1, 0.15) is 5.56 Å². The zero-order valence-electron chi connectivity index (χ0n) is 15.2. The Kier molecular flexibility index (Phi) is 6.53. The first-order chi connectivity index (χ1) is 13.4. The maximum Gasteiger partial charge on any atom is 0.264 e. The zero-order chi connectivity index (χ0) is 20.3. The van der Waals surface area contributed by atoms with E-state index >= 15 is 0 Å². The molecule has 0 radical (unpaired) electrons. The smallest absolute Gasteiger partial charge is 0.264 e. The fourth-order valence-corrected chi connectivity index (χ4v) is 4.14. The molecule has 1 N–H and O–H groups in total. The minimum atomic E-state index is -0.240. The number of methoxy groups -OCH3 is 3. The lowest BCUT2D eigenvalue weighted by Crippen LogP contribution is -2.19. The molecule has 1 aliphatic rings. The summed E-state index contributed by atoms with van der Waals surface area (Å²) in [5, 5.41) is 3.72. The molecular weight excluding hydrogens is 468 g/mol. The molecule has 1 heterocycles. The van der Waals surface area contributed by atoms with Gasteiger partial charge in [0.2, 0.25) is 0 Å². The van der Waals surface area contributed by atoms with Gasteiger partial charge in [0, 0.05) is 5.02 Å². The van der Waals surface area contributed by atoms with Crippen molar-refractivity contribution in [2.24, 2.45) is 4.99 Å². The Morgan fingerprint density at radius 2 is 1.86 bits per heavy atom. The Bertz CT molecular complexity index is 994. The topological polar surface area (TPSA) is 69.2 Å². The van der Waals surface area contributed by atoms with Gasteiger partial charge in [-0.2, -0.15) is 0 Å². The molecule has 0 spiro atoms. The van der Waals surface area contributed by atoms with Crippen LogP contribution in [0.25, 0.3) is 6.08 Å². The van der Waals surface area contributed by atoms with Gasteiger partial charge in [-0.05, 0) is 69.7 Å². The van der Waals surface area contributed by atoms with Gasteiger partial charge in [0.15, 0.2) is 16.7 Å². The molecular formula is C19H16BrClN2O4S. The fraction of sp³-hybridized carbons (Fsp3) is 0.158. The Balaban J connectivity index is 1.91. The number of ether oxygens (including phenoxy) is 3. The van der Waals surface area contributed by atoms with Crippen LogP contribution in [-0.4, -0.2) is 32.4 Å². The van der Waals surface area contributed by atoms with E-state index in [2.05, 4.69) is 26.2 Å². The van der Waals surface area contributed by atoms with Crippen LogP contribution in [0.4, 0.5) is 5.69 Å². The van der Waals surface area contributed by atoms with Crippen molar-refractivity contribution in [1.29, 1.82) is 0 Å². The van der Waals surface area contributed by atoms with Crippen molar-refractivity contribution >= 4 is 62.1 Å². The number of hydrogen-bond donors (Lipinski definition) is 1. The van der Waals surface area contributed by atoms with E-state index in [1.807, 2.05) is 6.07 Å². The average molecular weight is 484 g/mol. The lowest BCUT2D eigenvalue weighted by Gasteiger charge is -2.10. The number of rotatable bonds is 5. The van der Waals surface area contributed by atoms with Crippen molar-refractivity contribution in [3.8, 4) is 17.2 Å². The number of amides is 1. The van der Waals surface area contributed by atoms with Crippen molar-refractivity contribution in [3.05, 3.63) is 50.3 Å². The van der Waals surface area contributed by atoms with Crippen LogP contribution in [0, 0.1) is 0 Å². The van der Waals surface area contributed by atoms with Gasteiger partial charge < -0.3 is 19.5 Å². The highest BCUT2D eigenvalue weighted by Gasteiger charge is 2.24. The SMILES string of the molecule is COc1ccc(Cl)cc1N=C1NC(=O)/C(=C/c2cc(Br)c(OC)c(OC)c2)S1. The largest absolute Gasteiger partial charge is 0.494 e. The third kappa shape index (κ3) is 4.45. The lowest BCUT2D eigenvalue weighted by molar-refractivity contribution is -0.115. The molecule has 1 amide bonds. The summed E-state index contributed by atoms with van der Waals surface area (Å²) in [5.74, 6) is 1.47. The van der Waals surface area contributed by atoms with Crippen LogP contribution in [0.3, 0.4) is 0 Å². The summed E-state index contributed by atoms with van der Waals surface area (Å²) in [5.41, 5.74) is 1.32. The Morgan fingerprint density at radius 1 is 1.11 bits per heavy atom. The Hall–Kier alpha value is -2.16. The molecule has 2 aromatic rings. The van der Waals surface area contributed by atoms with Crippen molar-refractivity contribution in [3.63, 3.8) is 0 Å². The summed E-state index contributed by atoms with van der Waals surface area (Å²) in [6.07, 6.45) is 1.75. The number of thioether (sulfide) groups is 1. The number of nitrogens with one attached hydrogen (secondary N) is 1. The predicted octanol–water partition coefficient (Wildman–Crippen LogP) is 5.02. The van der Waals surface area contributed by atoms with E-state index in [9.17, 15) is 4.79 Å². The molecule has 9 heteroatoms. The second-order valence-electron chi connectivity index (χ2n) is 5.54. The van der Waals surface area contributed by atoms with E-state index in [0.29, 0.717) is 38.0 Å². The molecule has 0 unspecified atom stereocenters. The van der Waals surface area contributed by atoms with Crippen LogP contribution in [0.15, 0.2) is 44.7 Å². The second-order valence-corrected chi connectivity index (χ2v) is 7.86. The summed E-state index contributed by atoms with van der Waals surface area (Å²) in [4.78, 5) is 17.3. The minimum absolute atomic E-state index is 0.240. The van der Waals surface area contributed by atoms with Crippen molar-refractivity contribution < 1.29 is 19.0 Å². The van der Waals surface area contributed by atoms with Gasteiger partial charge in [0.1, 0.15) is 11.4 Å². The highest BCUT2D eigenvalue weighted by Crippen LogP contribution is 2.38. The van der Waals surface area contributed by atoms with E-state index in [1.54, 1.807) is 51.7 Å². The van der Waals surface area contributed by atoms with E-state index in [4.69, 9.17) is 25.8 Å². The molecule has 1 aliphatic heterocycles. The number of amidine groups is 1. The number of halogens is 2. The van der Waals surface area contributed by atoms with Crippen LogP contribution in [0.2, 0.25) is 5.02 Å². The van der Waals surface area contributed by atoms with Gasteiger partial charge >= 0.3 is 0 Å². The molecule has 0 aliphatic carbocycles. The normalized spacial score (nSPS) is 16.4. The first-order valence-corrected chi connectivity index (χ1v) is 9.98. The molecule has 6 nitrogen and oxygen atoms in total. The third-order valence-electron chi connectivity index (χ3n) is 3.77. The lowest BCUT2D eigenvalue weighted by atomic mass is 10.2. The van der Waals surface area contributed by atoms with Crippen molar-refractivity contribution in [1.82, 2.24) is 5.32 Å². The average Bonchev–Trinajstić information content (AvgIpc) is 3.00. The number of nitrogens with zero attached hydrogens (tertiary/aromatic N) is 1. The van der Waals surface area contributed by atoms with Crippen molar-refractivity contribution in [2.45, 2.75) is 0 Å². The van der Waals surface area contributed by atoms with Gasteiger partial charge in [0.05, 0.1) is 30.7 Å². The summed E-state index contributed by atoms with van der Waals surface area (Å²) >= 11 is 10.7. The van der Waals surface area contributed by atoms with E-state index in [0.717, 1.165) is 10.0 Å². The molecule has 0 bridgehead atoms. The summed E-state index contributed by atoms with van der Waals surface area (Å²) in [6, 6.07) is 8.75. The maximum absolute atomic E-state index is 12.4. The first kappa shape index (κ1) is 20.6. The summed E-state index contributed by atoms with van der Waals surface area (Å²) < 4.78 is 16.7. The third-order valence-corrected chi connectivity index (χ3v) is 5.50. The van der Waals surface area contributed by atoms with E-state index < -0.39 is 0 Å². The van der Waals surface area contributed by atoms with E-state index in [1.165, 1.54) is 11.8 Å². The van der Waals surface area contributed by atoms with Crippen LogP contribution >= 0.6 is 39.3 Å². The Morgan fingerprint density at radius 3 is 2.54 bits per heavy atom. The van der Waals surface area contributed by atoms with Gasteiger partial charge in [-0.25, -0.2) is 4.99 Å². The molecule has 1 fully saturated rings. The maximum atomic E-state index is 12.4. The van der Waals surface area contributed by atoms with Gasteiger partial charge in [0.25, 0.3) is 5.91 Å². The number of carbonyl (C=O) groups excluding carboxylic acids is 1. The number of hydrogen-bond acceptors (Lipinski definition) is 6. The molecule has 146 valence electrons. The molecule has 2 aromatic carbocycles. The standard InChI is InChI=1S/C19H16BrClN2O4S/c1-25-14-5-4-11(21)9-13(14)22-19-23-18(24)16(28-19)8-10-6-12(20)17(27-3)15(7-10)26-2/h4-9H,1-3H3,(H,22,23,24)/b16-8-. The molecule has 3 rings (SSSR count). The summed E-state index contributed by atoms with van der Waals surface area (Å²) in [6.45, 7) is 0. The molecule has 1 saturated heterocycles. The predicted molar refractivity (Wildman–Crippen MR) is 116 cm³/mol. The summed E-state index contributed by atoms with van der Waals surface area (Å²) in [7, 11) is 4.67. The molecule has 28 heavy (non-hydrogen) atoms. The highest BCUT2D eigenvalue weighted by atomic mass is 79.9. The van der Waals surface area contributed by atoms with Gasteiger partial charge in [-0.15, -0.1) is 0 Å². The van der Waals surface area contributed by atoms with Gasteiger partial charge in [-0.3, -0.25) is 4.79 Å². The fourth-order valence-electron chi connectivity index (χ4n) is 2.51. The van der Waals surface area contributed by atoms with Crippen molar-refractivity contribution in [2.75, 3.05) is 21.3 Å². The molecule has 0 atom stereocenters. The highest BCUT2D eigenvalue weighted by molar-refractivity contribution is 9.10. The molecule has 0 saturated carbocycles. The number of carbonyl (C=O) groups is 1. The van der Waals surface area contributed by atoms with Crippen LogP contribution in [0.5, 0.6) is 17.2 Å². The number of benzene rings is 2. The monoisotopic (exact) mass is 482 g/mol. The Labute approximate surface area is 180 Å². The van der Waals surface area contributed by atoms with Gasteiger partial charge in [-0.1, -0.05) is 11.6 Å². The van der Waals surface area contributed by atoms with Crippen LogP contribution < -0.4 is 19.5 Å². The zero-order valence-corrected chi connectivity index (χ0v) is 18.4. The van der Waals surface area contributed by atoms with Crippen LogP contribution in [-0.2, 0) is 4.79 Å². The van der Waals surface area contributed by atoms with E-state index in [-0.39, 0.29) is 5.91 Å². The number of aliphatic imine (C=N–C) groups is 1. The quantitative estimate of drug-likeness (QED) is 0.605. The second kappa shape index (κ2) is 8.89. The minimum Gasteiger partial charge on any atom is -0.494 e.